The lowest BCUT2D eigenvalue weighted by Crippen LogP contribution is -2.49. The summed E-state index contributed by atoms with van der Waals surface area (Å²) in [4.78, 5) is 0. The van der Waals surface area contributed by atoms with Crippen LogP contribution in [0.4, 0.5) is 0 Å². The number of nitrogens with one attached hydrogen (secondary N) is 1. The maximum atomic E-state index is 5.17. The molecule has 2 atom stereocenters. The van der Waals surface area contributed by atoms with Crippen LogP contribution in [0, 0.1) is 5.92 Å². The van der Waals surface area contributed by atoms with Crippen LogP contribution in [-0.4, -0.2) is 13.0 Å². The summed E-state index contributed by atoms with van der Waals surface area (Å²) >= 11 is 0. The molecule has 0 bridgehead atoms. The number of rotatable bonds is 2. The SMILES string of the molecule is CC[C@H](C)C1NCO1. The van der Waals surface area contributed by atoms with Gasteiger partial charge in [0, 0.05) is 0 Å². The van der Waals surface area contributed by atoms with E-state index in [1.165, 1.54) is 6.42 Å². The van der Waals surface area contributed by atoms with Crippen molar-refractivity contribution < 1.29 is 4.74 Å². The van der Waals surface area contributed by atoms with Crippen molar-refractivity contribution in [1.29, 1.82) is 0 Å². The monoisotopic (exact) mass is 115 g/mol. The van der Waals surface area contributed by atoms with E-state index in [0.29, 0.717) is 12.1 Å². The molecule has 1 saturated heterocycles. The van der Waals surface area contributed by atoms with Crippen LogP contribution in [0.5, 0.6) is 0 Å². The molecular formula is C6H13NO. The summed E-state index contributed by atoms with van der Waals surface area (Å²) in [6.45, 7) is 5.11. The molecule has 0 aromatic carbocycles. The highest BCUT2D eigenvalue weighted by atomic mass is 16.6. The molecule has 1 heterocycles. The van der Waals surface area contributed by atoms with E-state index in [1.54, 1.807) is 0 Å². The Morgan fingerprint density at radius 2 is 2.50 bits per heavy atom. The predicted octanol–water partition coefficient (Wildman–Crippen LogP) is 0.936. The molecule has 0 spiro atoms. The van der Waals surface area contributed by atoms with Crippen LogP contribution in [0.1, 0.15) is 20.3 Å². The summed E-state index contributed by atoms with van der Waals surface area (Å²) in [5, 5.41) is 3.17. The Labute approximate surface area is 50.2 Å². The molecule has 1 fully saturated rings. The van der Waals surface area contributed by atoms with E-state index in [9.17, 15) is 0 Å². The van der Waals surface area contributed by atoms with Gasteiger partial charge in [0.25, 0.3) is 0 Å². The molecule has 2 heteroatoms. The fourth-order valence-corrected chi connectivity index (χ4v) is 0.759. The fourth-order valence-electron chi connectivity index (χ4n) is 0.759. The Morgan fingerprint density at radius 3 is 2.62 bits per heavy atom. The van der Waals surface area contributed by atoms with Gasteiger partial charge in [-0.05, 0) is 12.3 Å². The summed E-state index contributed by atoms with van der Waals surface area (Å²) < 4.78 is 5.17. The average Bonchev–Trinajstić information content (AvgIpc) is 1.62. The van der Waals surface area contributed by atoms with Gasteiger partial charge in [-0.25, -0.2) is 0 Å². The molecule has 0 aliphatic carbocycles. The second-order valence-corrected chi connectivity index (χ2v) is 2.32. The third-order valence-electron chi connectivity index (χ3n) is 1.71. The fraction of sp³-hybridized carbons (Fsp3) is 1.00. The van der Waals surface area contributed by atoms with Gasteiger partial charge in [-0.1, -0.05) is 13.8 Å². The van der Waals surface area contributed by atoms with Crippen LogP contribution in [0.3, 0.4) is 0 Å². The van der Waals surface area contributed by atoms with Gasteiger partial charge < -0.3 is 4.74 Å². The third-order valence-corrected chi connectivity index (χ3v) is 1.71. The number of hydrogen-bond donors (Lipinski definition) is 1. The Morgan fingerprint density at radius 1 is 1.88 bits per heavy atom. The first-order valence-electron chi connectivity index (χ1n) is 3.19. The Kier molecular flexibility index (Phi) is 1.86. The molecule has 0 saturated carbocycles. The Balaban J connectivity index is 2.13. The average molecular weight is 115 g/mol. The standard InChI is InChI=1S/C6H13NO/c1-3-5(2)6-7-4-8-6/h5-7H,3-4H2,1-2H3/t5-,6?/m0/s1. The first-order chi connectivity index (χ1) is 3.84. The summed E-state index contributed by atoms with van der Waals surface area (Å²) in [5.74, 6) is 0.670. The van der Waals surface area contributed by atoms with Crippen molar-refractivity contribution in [3.8, 4) is 0 Å². The minimum absolute atomic E-state index is 0.347. The summed E-state index contributed by atoms with van der Waals surface area (Å²) in [6, 6.07) is 0. The lowest BCUT2D eigenvalue weighted by atomic mass is 10.1. The molecule has 0 aromatic heterocycles. The lowest BCUT2D eigenvalue weighted by molar-refractivity contribution is -0.117. The molecule has 0 aromatic rings. The van der Waals surface area contributed by atoms with Crippen molar-refractivity contribution in [3.05, 3.63) is 0 Å². The molecule has 0 amide bonds. The first kappa shape index (κ1) is 6.05. The molecule has 1 aliphatic heterocycles. The Bertz CT molecular complexity index is 68.2. The highest BCUT2D eigenvalue weighted by Gasteiger charge is 2.21. The van der Waals surface area contributed by atoms with Crippen molar-refractivity contribution in [2.45, 2.75) is 26.5 Å². The van der Waals surface area contributed by atoms with Gasteiger partial charge in [-0.15, -0.1) is 0 Å². The summed E-state index contributed by atoms with van der Waals surface area (Å²) in [7, 11) is 0. The minimum Gasteiger partial charge on any atom is -0.348 e. The number of hydrogen-bond acceptors (Lipinski definition) is 2. The van der Waals surface area contributed by atoms with Gasteiger partial charge in [0.05, 0.1) is 0 Å². The van der Waals surface area contributed by atoms with Crippen LogP contribution >= 0.6 is 0 Å². The largest absolute Gasteiger partial charge is 0.348 e. The lowest BCUT2D eigenvalue weighted by Gasteiger charge is -2.32. The zero-order chi connectivity index (χ0) is 5.98. The van der Waals surface area contributed by atoms with Gasteiger partial charge >= 0.3 is 0 Å². The van der Waals surface area contributed by atoms with E-state index in [-0.39, 0.29) is 0 Å². The van der Waals surface area contributed by atoms with Crippen LogP contribution in [0.15, 0.2) is 0 Å². The molecule has 1 N–H and O–H groups in total. The maximum Gasteiger partial charge on any atom is 0.114 e. The van der Waals surface area contributed by atoms with Crippen LogP contribution in [-0.2, 0) is 4.74 Å². The molecule has 1 unspecified atom stereocenters. The van der Waals surface area contributed by atoms with E-state index >= 15 is 0 Å². The predicted molar refractivity (Wildman–Crippen MR) is 32.3 cm³/mol. The van der Waals surface area contributed by atoms with E-state index in [2.05, 4.69) is 19.2 Å². The number of ether oxygens (including phenoxy) is 1. The third kappa shape index (κ3) is 1.01. The second-order valence-electron chi connectivity index (χ2n) is 2.32. The van der Waals surface area contributed by atoms with Gasteiger partial charge in [0.2, 0.25) is 0 Å². The first-order valence-corrected chi connectivity index (χ1v) is 3.19. The smallest absolute Gasteiger partial charge is 0.114 e. The summed E-state index contributed by atoms with van der Waals surface area (Å²) in [6.07, 6.45) is 1.54. The second kappa shape index (κ2) is 2.46. The van der Waals surface area contributed by atoms with Crippen LogP contribution in [0.2, 0.25) is 0 Å². The quantitative estimate of drug-likeness (QED) is 0.578. The van der Waals surface area contributed by atoms with Crippen LogP contribution in [0.25, 0.3) is 0 Å². The molecule has 2 nitrogen and oxygen atoms in total. The molecule has 1 aliphatic rings. The normalized spacial score (nSPS) is 31.5. The molecule has 0 radical (unpaired) electrons. The molecule has 48 valence electrons. The van der Waals surface area contributed by atoms with Crippen molar-refractivity contribution in [2.24, 2.45) is 5.92 Å². The minimum atomic E-state index is 0.347. The van der Waals surface area contributed by atoms with Gasteiger partial charge in [-0.3, -0.25) is 5.32 Å². The molecular weight excluding hydrogens is 102 g/mol. The van der Waals surface area contributed by atoms with Gasteiger partial charge in [-0.2, -0.15) is 0 Å². The highest BCUT2D eigenvalue weighted by Crippen LogP contribution is 2.12. The van der Waals surface area contributed by atoms with Crippen molar-refractivity contribution >= 4 is 0 Å². The van der Waals surface area contributed by atoms with Gasteiger partial charge in [0.1, 0.15) is 13.0 Å². The van der Waals surface area contributed by atoms with E-state index < -0.39 is 0 Å². The Hall–Kier alpha value is -0.0800. The highest BCUT2D eigenvalue weighted by molar-refractivity contribution is 4.66. The van der Waals surface area contributed by atoms with E-state index in [4.69, 9.17) is 4.74 Å². The van der Waals surface area contributed by atoms with Gasteiger partial charge in [0.15, 0.2) is 0 Å². The summed E-state index contributed by atoms with van der Waals surface area (Å²) in [5.41, 5.74) is 0. The van der Waals surface area contributed by atoms with E-state index in [0.717, 1.165) is 6.73 Å². The zero-order valence-electron chi connectivity index (χ0n) is 5.48. The molecule has 8 heavy (non-hydrogen) atoms. The zero-order valence-corrected chi connectivity index (χ0v) is 5.48. The van der Waals surface area contributed by atoms with Crippen molar-refractivity contribution in [2.75, 3.05) is 6.73 Å². The van der Waals surface area contributed by atoms with Crippen molar-refractivity contribution in [1.82, 2.24) is 5.32 Å². The maximum absolute atomic E-state index is 5.17. The van der Waals surface area contributed by atoms with E-state index in [1.807, 2.05) is 0 Å². The molecule has 1 rings (SSSR count). The van der Waals surface area contributed by atoms with Crippen LogP contribution < -0.4 is 5.32 Å². The van der Waals surface area contributed by atoms with Crippen molar-refractivity contribution in [3.63, 3.8) is 0 Å². The topological polar surface area (TPSA) is 21.3 Å².